The molecular formula is C67H112O6. The lowest BCUT2D eigenvalue weighted by molar-refractivity contribution is -0.166. The Kier molecular flexibility index (Phi) is 57.4. The fourth-order valence-corrected chi connectivity index (χ4v) is 8.20. The van der Waals surface area contributed by atoms with Crippen molar-refractivity contribution in [3.63, 3.8) is 0 Å². The van der Waals surface area contributed by atoms with Crippen molar-refractivity contribution in [2.75, 3.05) is 13.2 Å². The van der Waals surface area contributed by atoms with Crippen LogP contribution in [0.4, 0.5) is 0 Å². The van der Waals surface area contributed by atoms with Gasteiger partial charge in [0.2, 0.25) is 0 Å². The van der Waals surface area contributed by atoms with Gasteiger partial charge < -0.3 is 14.2 Å². The van der Waals surface area contributed by atoms with Gasteiger partial charge in [0.25, 0.3) is 0 Å². The molecule has 0 fully saturated rings. The third-order valence-electron chi connectivity index (χ3n) is 12.7. The molecule has 6 heteroatoms. The zero-order valence-corrected chi connectivity index (χ0v) is 47.6. The number of allylic oxidation sites excluding steroid dienone is 18. The Labute approximate surface area is 450 Å². The third-order valence-corrected chi connectivity index (χ3v) is 12.7. The van der Waals surface area contributed by atoms with Gasteiger partial charge in [0, 0.05) is 19.3 Å². The number of ether oxygens (including phenoxy) is 3. The Hall–Kier alpha value is -3.93. The Balaban J connectivity index is 4.49. The van der Waals surface area contributed by atoms with Crippen LogP contribution >= 0.6 is 0 Å². The minimum Gasteiger partial charge on any atom is -0.462 e. The first-order valence-electron chi connectivity index (χ1n) is 30.4. The standard InChI is InChI=1S/C67H112O6/c1-4-7-10-13-16-19-22-25-28-30-32-33-35-36-39-42-45-48-51-54-57-60-66(69)72-63-64(62-71-65(68)59-56-53-50-47-44-41-38-27-24-21-18-15-12-9-6-3)73-67(70)61-58-55-52-49-46-43-40-37-34-31-29-26-23-20-17-14-11-8-5-2/h9,12,17-18,20-21,25-29,34,37-38,43,46,52,55,64H,4-8,10-11,13-16,19,22-24,30-33,35-36,39-42,44-45,47-51,53-54,56-63H2,1-3H3/b12-9-,20-17-,21-18-,28-25-,29-26-,37-34-,38-27-,46-43-,55-52-/t64-/m1/s1. The van der Waals surface area contributed by atoms with E-state index in [0.29, 0.717) is 19.3 Å². The quantitative estimate of drug-likeness (QED) is 0.0261. The highest BCUT2D eigenvalue weighted by molar-refractivity contribution is 5.71. The maximum absolute atomic E-state index is 12.8. The van der Waals surface area contributed by atoms with E-state index in [4.69, 9.17) is 14.2 Å². The van der Waals surface area contributed by atoms with Crippen molar-refractivity contribution in [1.29, 1.82) is 0 Å². The van der Waals surface area contributed by atoms with E-state index in [1.165, 1.54) is 128 Å². The number of esters is 3. The summed E-state index contributed by atoms with van der Waals surface area (Å²) < 4.78 is 16.8. The summed E-state index contributed by atoms with van der Waals surface area (Å²) in [5.41, 5.74) is 0. The normalized spacial score (nSPS) is 12.9. The number of carbonyl (C=O) groups is 3. The van der Waals surface area contributed by atoms with Gasteiger partial charge in [0.15, 0.2) is 6.10 Å². The molecule has 0 heterocycles. The summed E-state index contributed by atoms with van der Waals surface area (Å²) in [5.74, 6) is -1.01. The summed E-state index contributed by atoms with van der Waals surface area (Å²) in [6, 6.07) is 0. The highest BCUT2D eigenvalue weighted by atomic mass is 16.6. The van der Waals surface area contributed by atoms with Gasteiger partial charge in [-0.05, 0) is 116 Å². The van der Waals surface area contributed by atoms with Crippen LogP contribution < -0.4 is 0 Å². The molecule has 0 saturated carbocycles. The Morgan fingerprint density at radius 3 is 0.932 bits per heavy atom. The first-order valence-corrected chi connectivity index (χ1v) is 30.4. The lowest BCUT2D eigenvalue weighted by Gasteiger charge is -2.18. The monoisotopic (exact) mass is 1010 g/mol. The molecule has 6 nitrogen and oxygen atoms in total. The summed E-state index contributed by atoms with van der Waals surface area (Å²) >= 11 is 0. The SMILES string of the molecule is CC/C=C\C/C=C\C/C=C\CCCCCCCC(=O)OC[C@H](COC(=O)CCCCCCCCCCCCC/C=C\CCCCCCCC)OC(=O)CC/C=C\C/C=C\C/C=C\C/C=C\C/C=C\CCCCC. The predicted octanol–water partition coefficient (Wildman–Crippen LogP) is 20.7. The summed E-state index contributed by atoms with van der Waals surface area (Å²) in [5, 5.41) is 0. The molecule has 0 aromatic rings. The molecule has 0 aliphatic heterocycles. The van der Waals surface area contributed by atoms with Crippen LogP contribution in [-0.4, -0.2) is 37.2 Å². The molecule has 0 amide bonds. The second-order valence-corrected chi connectivity index (χ2v) is 19.9. The number of hydrogen-bond acceptors (Lipinski definition) is 6. The molecule has 0 aromatic carbocycles. The molecule has 0 radical (unpaired) electrons. The first kappa shape index (κ1) is 69.1. The van der Waals surface area contributed by atoms with E-state index in [1.807, 2.05) is 6.08 Å². The highest BCUT2D eigenvalue weighted by Crippen LogP contribution is 2.15. The molecule has 0 spiro atoms. The Bertz CT molecular complexity index is 1490. The van der Waals surface area contributed by atoms with Crippen molar-refractivity contribution in [2.24, 2.45) is 0 Å². The largest absolute Gasteiger partial charge is 0.462 e. The summed E-state index contributed by atoms with van der Waals surface area (Å²) in [4.78, 5) is 38.2. The molecule has 0 aliphatic rings. The van der Waals surface area contributed by atoms with Gasteiger partial charge in [-0.3, -0.25) is 14.4 Å². The maximum Gasteiger partial charge on any atom is 0.306 e. The molecule has 0 rings (SSSR count). The van der Waals surface area contributed by atoms with Crippen LogP contribution in [0.25, 0.3) is 0 Å². The number of hydrogen-bond donors (Lipinski definition) is 0. The van der Waals surface area contributed by atoms with Crippen molar-refractivity contribution in [1.82, 2.24) is 0 Å². The molecule has 416 valence electrons. The van der Waals surface area contributed by atoms with E-state index in [0.717, 1.165) is 103 Å². The topological polar surface area (TPSA) is 78.9 Å². The van der Waals surface area contributed by atoms with Gasteiger partial charge in [-0.25, -0.2) is 0 Å². The Morgan fingerprint density at radius 1 is 0.288 bits per heavy atom. The average Bonchev–Trinajstić information content (AvgIpc) is 3.39. The summed E-state index contributed by atoms with van der Waals surface area (Å²) in [6.45, 7) is 6.43. The Morgan fingerprint density at radius 2 is 0.562 bits per heavy atom. The highest BCUT2D eigenvalue weighted by Gasteiger charge is 2.19. The van der Waals surface area contributed by atoms with Crippen molar-refractivity contribution >= 4 is 17.9 Å². The smallest absolute Gasteiger partial charge is 0.306 e. The molecular weight excluding hydrogens is 901 g/mol. The lowest BCUT2D eigenvalue weighted by Crippen LogP contribution is -2.30. The summed E-state index contributed by atoms with van der Waals surface area (Å²) in [6.07, 6.45) is 82.4. The van der Waals surface area contributed by atoms with E-state index in [9.17, 15) is 14.4 Å². The van der Waals surface area contributed by atoms with Crippen molar-refractivity contribution in [2.45, 2.75) is 284 Å². The van der Waals surface area contributed by atoms with Crippen LogP contribution in [0.3, 0.4) is 0 Å². The number of rotatable bonds is 54. The second kappa shape index (κ2) is 60.6. The van der Waals surface area contributed by atoms with E-state index >= 15 is 0 Å². The van der Waals surface area contributed by atoms with E-state index in [1.54, 1.807) is 0 Å². The second-order valence-electron chi connectivity index (χ2n) is 19.9. The van der Waals surface area contributed by atoms with Crippen LogP contribution in [0.1, 0.15) is 278 Å². The van der Waals surface area contributed by atoms with Crippen LogP contribution in [0.5, 0.6) is 0 Å². The zero-order chi connectivity index (χ0) is 52.9. The molecule has 0 saturated heterocycles. The van der Waals surface area contributed by atoms with E-state index in [2.05, 4.69) is 124 Å². The predicted molar refractivity (Wildman–Crippen MR) is 316 cm³/mol. The molecule has 0 bridgehead atoms. The van der Waals surface area contributed by atoms with Gasteiger partial charge in [-0.2, -0.15) is 0 Å². The van der Waals surface area contributed by atoms with Crippen LogP contribution in [-0.2, 0) is 28.6 Å². The fraction of sp³-hybridized carbons (Fsp3) is 0.687. The molecule has 0 aliphatic carbocycles. The summed E-state index contributed by atoms with van der Waals surface area (Å²) in [7, 11) is 0. The minimum atomic E-state index is -0.828. The van der Waals surface area contributed by atoms with Gasteiger partial charge in [-0.1, -0.05) is 252 Å². The fourth-order valence-electron chi connectivity index (χ4n) is 8.20. The maximum atomic E-state index is 12.8. The third kappa shape index (κ3) is 58.8. The molecule has 0 unspecified atom stereocenters. The van der Waals surface area contributed by atoms with Crippen LogP contribution in [0, 0.1) is 0 Å². The first-order chi connectivity index (χ1) is 36.0. The van der Waals surface area contributed by atoms with Gasteiger partial charge in [0.1, 0.15) is 13.2 Å². The van der Waals surface area contributed by atoms with E-state index in [-0.39, 0.29) is 31.6 Å². The van der Waals surface area contributed by atoms with Gasteiger partial charge >= 0.3 is 17.9 Å². The van der Waals surface area contributed by atoms with Gasteiger partial charge in [-0.15, -0.1) is 0 Å². The average molecular weight is 1010 g/mol. The van der Waals surface area contributed by atoms with Crippen molar-refractivity contribution in [3.05, 3.63) is 109 Å². The lowest BCUT2D eigenvalue weighted by atomic mass is 10.0. The van der Waals surface area contributed by atoms with E-state index < -0.39 is 12.1 Å². The van der Waals surface area contributed by atoms with Gasteiger partial charge in [0.05, 0.1) is 0 Å². The van der Waals surface area contributed by atoms with Crippen molar-refractivity contribution in [3.8, 4) is 0 Å². The molecule has 0 aromatic heterocycles. The minimum absolute atomic E-state index is 0.114. The zero-order valence-electron chi connectivity index (χ0n) is 47.6. The van der Waals surface area contributed by atoms with Crippen LogP contribution in [0.2, 0.25) is 0 Å². The van der Waals surface area contributed by atoms with Crippen LogP contribution in [0.15, 0.2) is 109 Å². The number of unbranched alkanes of at least 4 members (excludes halogenated alkanes) is 25. The number of carbonyl (C=O) groups excluding carboxylic acids is 3. The molecule has 0 N–H and O–H groups in total. The molecule has 73 heavy (non-hydrogen) atoms. The molecule has 1 atom stereocenters. The van der Waals surface area contributed by atoms with Crippen molar-refractivity contribution < 1.29 is 28.6 Å².